The molecule has 0 spiro atoms. The van der Waals surface area contributed by atoms with Crippen LogP contribution in [0.4, 0.5) is 5.82 Å². The van der Waals surface area contributed by atoms with Gasteiger partial charge in [-0.15, -0.1) is 0 Å². The van der Waals surface area contributed by atoms with Crippen LogP contribution >= 0.6 is 0 Å². The van der Waals surface area contributed by atoms with Crippen molar-refractivity contribution in [2.45, 2.75) is 32.4 Å². The van der Waals surface area contributed by atoms with Gasteiger partial charge in [-0.3, -0.25) is 4.68 Å². The lowest BCUT2D eigenvalue weighted by Crippen LogP contribution is -2.33. The Morgan fingerprint density at radius 1 is 1.40 bits per heavy atom. The van der Waals surface area contributed by atoms with E-state index < -0.39 is 0 Å². The van der Waals surface area contributed by atoms with Gasteiger partial charge in [0, 0.05) is 18.9 Å². The average molecular weight is 267 g/mol. The van der Waals surface area contributed by atoms with Gasteiger partial charge in [0.1, 0.15) is 11.9 Å². The van der Waals surface area contributed by atoms with Crippen LogP contribution in [0, 0.1) is 18.3 Å². The summed E-state index contributed by atoms with van der Waals surface area (Å²) in [5.41, 5.74) is 1.79. The molecule has 0 aliphatic carbocycles. The molecule has 1 aliphatic heterocycles. The predicted octanol–water partition coefficient (Wildman–Crippen LogP) is 2.13. The molecule has 0 radical (unpaired) electrons. The highest BCUT2D eigenvalue weighted by molar-refractivity contribution is 5.43. The lowest BCUT2D eigenvalue weighted by atomic mass is 10.2. The molecular weight excluding hydrogens is 250 g/mol. The Morgan fingerprint density at radius 2 is 2.30 bits per heavy atom. The second-order valence-electron chi connectivity index (χ2n) is 5.25. The zero-order chi connectivity index (χ0) is 13.9. The Labute approximate surface area is 118 Å². The number of aryl methyl sites for hydroxylation is 1. The van der Waals surface area contributed by atoms with Crippen molar-refractivity contribution in [3.05, 3.63) is 41.9 Å². The summed E-state index contributed by atoms with van der Waals surface area (Å²) in [5, 5.41) is 13.2. The topological polar surface area (TPSA) is 57.7 Å². The Kier molecular flexibility index (Phi) is 3.38. The number of hydrogen-bond donors (Lipinski definition) is 0. The molecule has 0 aromatic carbocycles. The van der Waals surface area contributed by atoms with Crippen LogP contribution in [0.5, 0.6) is 0 Å². The van der Waals surface area contributed by atoms with Crippen LogP contribution in [-0.2, 0) is 6.54 Å². The molecule has 20 heavy (non-hydrogen) atoms. The number of aromatic nitrogens is 3. The van der Waals surface area contributed by atoms with Gasteiger partial charge in [-0.1, -0.05) is 0 Å². The second kappa shape index (κ2) is 5.33. The molecular formula is C15H17N5. The van der Waals surface area contributed by atoms with Crippen LogP contribution in [0.1, 0.15) is 24.0 Å². The number of anilines is 1. The fourth-order valence-corrected chi connectivity index (χ4v) is 2.73. The van der Waals surface area contributed by atoms with Crippen LogP contribution < -0.4 is 4.90 Å². The predicted molar refractivity (Wildman–Crippen MR) is 76.3 cm³/mol. The van der Waals surface area contributed by atoms with Gasteiger partial charge in [0.2, 0.25) is 0 Å². The summed E-state index contributed by atoms with van der Waals surface area (Å²) in [6, 6.07) is 6.29. The maximum absolute atomic E-state index is 8.83. The Morgan fingerprint density at radius 3 is 2.95 bits per heavy atom. The molecule has 5 nitrogen and oxygen atoms in total. The normalized spacial score (nSPS) is 18.2. The first-order chi connectivity index (χ1) is 9.76. The van der Waals surface area contributed by atoms with E-state index in [1.54, 1.807) is 6.20 Å². The Hall–Kier alpha value is -2.35. The quantitative estimate of drug-likeness (QED) is 0.854. The van der Waals surface area contributed by atoms with Crippen molar-refractivity contribution >= 4 is 5.82 Å². The van der Waals surface area contributed by atoms with Crippen molar-refractivity contribution in [1.82, 2.24) is 14.8 Å². The van der Waals surface area contributed by atoms with Gasteiger partial charge in [0.25, 0.3) is 0 Å². The molecule has 0 N–H and O–H groups in total. The smallest absolute Gasteiger partial charge is 0.128 e. The van der Waals surface area contributed by atoms with Crippen molar-refractivity contribution < 1.29 is 0 Å². The van der Waals surface area contributed by atoms with Crippen molar-refractivity contribution in [3.63, 3.8) is 0 Å². The van der Waals surface area contributed by atoms with E-state index in [1.165, 1.54) is 12.0 Å². The van der Waals surface area contributed by atoms with Gasteiger partial charge >= 0.3 is 0 Å². The van der Waals surface area contributed by atoms with Crippen molar-refractivity contribution in [2.75, 3.05) is 11.4 Å². The summed E-state index contributed by atoms with van der Waals surface area (Å²) in [4.78, 5) is 6.72. The number of nitrogens with zero attached hydrogens (tertiary/aromatic N) is 5. The molecule has 1 aliphatic rings. The van der Waals surface area contributed by atoms with E-state index in [0.717, 1.165) is 25.3 Å². The molecule has 102 valence electrons. The van der Waals surface area contributed by atoms with Crippen LogP contribution in [0.3, 0.4) is 0 Å². The van der Waals surface area contributed by atoms with E-state index in [2.05, 4.69) is 34.2 Å². The first-order valence-corrected chi connectivity index (χ1v) is 6.88. The highest BCUT2D eigenvalue weighted by atomic mass is 15.3. The van der Waals surface area contributed by atoms with Gasteiger partial charge < -0.3 is 4.90 Å². The fraction of sp³-hybridized carbons (Fsp3) is 0.400. The molecule has 1 saturated heterocycles. The lowest BCUT2D eigenvalue weighted by molar-refractivity contribution is 0.507. The Balaban J connectivity index is 1.76. The zero-order valence-corrected chi connectivity index (χ0v) is 11.5. The molecule has 1 unspecified atom stereocenters. The number of rotatable bonds is 3. The number of pyridine rings is 1. The van der Waals surface area contributed by atoms with Crippen LogP contribution in [0.15, 0.2) is 30.7 Å². The molecule has 0 amide bonds. The van der Waals surface area contributed by atoms with Crippen molar-refractivity contribution in [3.8, 4) is 6.07 Å². The van der Waals surface area contributed by atoms with E-state index in [4.69, 9.17) is 5.26 Å². The number of nitriles is 1. The molecule has 2 aromatic heterocycles. The van der Waals surface area contributed by atoms with Crippen LogP contribution in [0.2, 0.25) is 0 Å². The molecule has 0 saturated carbocycles. The fourth-order valence-electron chi connectivity index (χ4n) is 2.73. The maximum Gasteiger partial charge on any atom is 0.128 e. The Bertz CT molecular complexity index is 622. The lowest BCUT2D eigenvalue weighted by Gasteiger charge is -2.25. The van der Waals surface area contributed by atoms with Crippen molar-refractivity contribution in [1.29, 1.82) is 5.26 Å². The van der Waals surface area contributed by atoms with E-state index in [9.17, 15) is 0 Å². The minimum atomic E-state index is 0.426. The highest BCUT2D eigenvalue weighted by Crippen LogP contribution is 2.24. The first-order valence-electron chi connectivity index (χ1n) is 6.88. The summed E-state index contributed by atoms with van der Waals surface area (Å²) >= 11 is 0. The molecule has 5 heteroatoms. The maximum atomic E-state index is 8.83. The van der Waals surface area contributed by atoms with Gasteiger partial charge in [-0.25, -0.2) is 4.98 Å². The van der Waals surface area contributed by atoms with E-state index >= 15 is 0 Å². The van der Waals surface area contributed by atoms with Crippen LogP contribution in [0.25, 0.3) is 0 Å². The van der Waals surface area contributed by atoms with Gasteiger partial charge in [-0.2, -0.15) is 10.4 Å². The third kappa shape index (κ3) is 2.50. The molecule has 3 rings (SSSR count). The van der Waals surface area contributed by atoms with E-state index in [1.807, 2.05) is 23.0 Å². The zero-order valence-electron chi connectivity index (χ0n) is 11.5. The molecule has 1 atom stereocenters. The minimum absolute atomic E-state index is 0.426. The molecule has 2 aromatic rings. The van der Waals surface area contributed by atoms with E-state index in [0.29, 0.717) is 11.6 Å². The van der Waals surface area contributed by atoms with Gasteiger partial charge in [0.15, 0.2) is 0 Å². The highest BCUT2D eigenvalue weighted by Gasteiger charge is 2.26. The minimum Gasteiger partial charge on any atom is -0.352 e. The second-order valence-corrected chi connectivity index (χ2v) is 5.25. The third-order valence-electron chi connectivity index (χ3n) is 3.71. The molecule has 3 heterocycles. The SMILES string of the molecule is Cc1cnn(CC2CCCN2c2ccc(C#N)cn2)c1. The monoisotopic (exact) mass is 267 g/mol. The average Bonchev–Trinajstić information content (AvgIpc) is 3.09. The van der Waals surface area contributed by atoms with Crippen LogP contribution in [-0.4, -0.2) is 27.4 Å². The molecule has 1 fully saturated rings. The summed E-state index contributed by atoms with van der Waals surface area (Å²) in [6.07, 6.45) is 7.93. The standard InChI is InChI=1S/C15H17N5/c1-12-8-18-19(10-12)11-14-3-2-6-20(14)15-5-4-13(7-16)9-17-15/h4-5,8-10,14H,2-3,6,11H2,1H3. The summed E-state index contributed by atoms with van der Waals surface area (Å²) in [7, 11) is 0. The third-order valence-corrected chi connectivity index (χ3v) is 3.71. The summed E-state index contributed by atoms with van der Waals surface area (Å²) in [6.45, 7) is 3.96. The summed E-state index contributed by atoms with van der Waals surface area (Å²) < 4.78 is 2.00. The summed E-state index contributed by atoms with van der Waals surface area (Å²) in [5.74, 6) is 0.954. The van der Waals surface area contributed by atoms with Gasteiger partial charge in [-0.05, 0) is 37.5 Å². The van der Waals surface area contributed by atoms with E-state index in [-0.39, 0.29) is 0 Å². The van der Waals surface area contributed by atoms with Gasteiger partial charge in [0.05, 0.1) is 24.3 Å². The largest absolute Gasteiger partial charge is 0.352 e. The first kappa shape index (κ1) is 12.7. The number of hydrogen-bond acceptors (Lipinski definition) is 4. The van der Waals surface area contributed by atoms with Crippen molar-refractivity contribution in [2.24, 2.45) is 0 Å². The molecule has 0 bridgehead atoms.